The smallest absolute Gasteiger partial charge is 0.244 e. The maximum atomic E-state index is 13.3. The first kappa shape index (κ1) is 22.8. The number of carbonyl (C=O) groups is 2. The molecule has 0 bridgehead atoms. The number of hydrogen-bond donors (Lipinski definition) is 2. The molecule has 0 aliphatic rings. The molecular weight excluding hydrogens is 411 g/mol. The number of furan rings is 1. The van der Waals surface area contributed by atoms with Crippen LogP contribution in [0.15, 0.2) is 77.4 Å². The SMILES string of the molecule is COc1ccc(C(Cc2ccc(F)cc2)NC(=O)CCNC(=O)/C=C/c2ccco2)cc1. The minimum absolute atomic E-state index is 0.121. The highest BCUT2D eigenvalue weighted by Gasteiger charge is 2.16. The van der Waals surface area contributed by atoms with Crippen molar-refractivity contribution in [3.63, 3.8) is 0 Å². The van der Waals surface area contributed by atoms with Gasteiger partial charge in [0.1, 0.15) is 17.3 Å². The Bertz CT molecular complexity index is 1030. The van der Waals surface area contributed by atoms with Gasteiger partial charge in [0.25, 0.3) is 0 Å². The summed E-state index contributed by atoms with van der Waals surface area (Å²) in [6, 6.07) is 16.8. The third kappa shape index (κ3) is 7.12. The second kappa shape index (κ2) is 11.5. The highest BCUT2D eigenvalue weighted by molar-refractivity contribution is 5.91. The summed E-state index contributed by atoms with van der Waals surface area (Å²) in [6.45, 7) is 0.193. The number of methoxy groups -OCH3 is 1. The summed E-state index contributed by atoms with van der Waals surface area (Å²) in [5.74, 6) is 0.457. The molecule has 0 radical (unpaired) electrons. The molecule has 1 atom stereocenters. The van der Waals surface area contributed by atoms with Crippen LogP contribution < -0.4 is 15.4 Å². The zero-order chi connectivity index (χ0) is 22.8. The first-order valence-electron chi connectivity index (χ1n) is 10.2. The Hall–Kier alpha value is -3.87. The fourth-order valence-electron chi connectivity index (χ4n) is 3.11. The van der Waals surface area contributed by atoms with E-state index in [2.05, 4.69) is 10.6 Å². The fraction of sp³-hybridized carbons (Fsp3) is 0.200. The molecule has 0 aliphatic carbocycles. The van der Waals surface area contributed by atoms with E-state index in [-0.39, 0.29) is 36.6 Å². The molecule has 2 aromatic carbocycles. The van der Waals surface area contributed by atoms with Crippen molar-refractivity contribution in [3.05, 3.63) is 95.7 Å². The van der Waals surface area contributed by atoms with Gasteiger partial charge in [-0.3, -0.25) is 9.59 Å². The normalized spacial score (nSPS) is 11.8. The van der Waals surface area contributed by atoms with Crippen LogP contribution >= 0.6 is 0 Å². The second-order valence-corrected chi connectivity index (χ2v) is 7.11. The van der Waals surface area contributed by atoms with Gasteiger partial charge < -0.3 is 19.8 Å². The molecule has 6 nitrogen and oxygen atoms in total. The average molecular weight is 436 g/mol. The predicted octanol–water partition coefficient (Wildman–Crippen LogP) is 4.05. The zero-order valence-corrected chi connectivity index (χ0v) is 17.7. The molecule has 166 valence electrons. The van der Waals surface area contributed by atoms with Gasteiger partial charge in [0.2, 0.25) is 11.8 Å². The van der Waals surface area contributed by atoms with Gasteiger partial charge in [0.15, 0.2) is 0 Å². The van der Waals surface area contributed by atoms with Crippen molar-refractivity contribution in [1.82, 2.24) is 10.6 Å². The summed E-state index contributed by atoms with van der Waals surface area (Å²) < 4.78 is 23.6. The number of benzene rings is 2. The van der Waals surface area contributed by atoms with Crippen molar-refractivity contribution in [2.24, 2.45) is 0 Å². The van der Waals surface area contributed by atoms with Crippen LogP contribution in [0, 0.1) is 5.82 Å². The average Bonchev–Trinajstić information content (AvgIpc) is 3.32. The first-order chi connectivity index (χ1) is 15.5. The lowest BCUT2D eigenvalue weighted by Gasteiger charge is -2.20. The van der Waals surface area contributed by atoms with E-state index in [1.807, 2.05) is 24.3 Å². The lowest BCUT2D eigenvalue weighted by Crippen LogP contribution is -2.33. The lowest BCUT2D eigenvalue weighted by atomic mass is 9.98. The molecule has 1 heterocycles. The molecule has 7 heteroatoms. The van der Waals surface area contributed by atoms with E-state index in [1.165, 1.54) is 24.5 Å². The summed E-state index contributed by atoms with van der Waals surface area (Å²) in [6.07, 6.45) is 5.04. The van der Waals surface area contributed by atoms with Crippen molar-refractivity contribution in [1.29, 1.82) is 0 Å². The molecule has 3 rings (SSSR count). The number of carbonyl (C=O) groups excluding carboxylic acids is 2. The maximum absolute atomic E-state index is 13.3. The van der Waals surface area contributed by atoms with Crippen molar-refractivity contribution in [2.45, 2.75) is 18.9 Å². The van der Waals surface area contributed by atoms with Gasteiger partial charge in [-0.05, 0) is 60.0 Å². The lowest BCUT2D eigenvalue weighted by molar-refractivity contribution is -0.122. The van der Waals surface area contributed by atoms with E-state index in [0.717, 1.165) is 11.1 Å². The van der Waals surface area contributed by atoms with Gasteiger partial charge >= 0.3 is 0 Å². The molecule has 2 N–H and O–H groups in total. The van der Waals surface area contributed by atoms with E-state index in [4.69, 9.17) is 9.15 Å². The molecule has 0 saturated heterocycles. The standard InChI is InChI=1S/C25H25FN2O4/c1-31-21-10-6-19(7-11-21)23(17-18-4-8-20(26)9-5-18)28-25(30)14-15-27-24(29)13-12-22-3-2-16-32-22/h2-13,16,23H,14-15,17H2,1H3,(H,27,29)(H,28,30)/b13-12+. The topological polar surface area (TPSA) is 80.6 Å². The van der Waals surface area contributed by atoms with E-state index in [0.29, 0.717) is 17.9 Å². The van der Waals surface area contributed by atoms with E-state index in [9.17, 15) is 14.0 Å². The number of nitrogens with one attached hydrogen (secondary N) is 2. The minimum Gasteiger partial charge on any atom is -0.497 e. The molecule has 1 unspecified atom stereocenters. The maximum Gasteiger partial charge on any atom is 0.244 e. The van der Waals surface area contributed by atoms with Crippen molar-refractivity contribution in [2.75, 3.05) is 13.7 Å². The van der Waals surface area contributed by atoms with Crippen molar-refractivity contribution in [3.8, 4) is 5.75 Å². The van der Waals surface area contributed by atoms with E-state index in [1.54, 1.807) is 37.5 Å². The Morgan fingerprint density at radius 2 is 1.84 bits per heavy atom. The van der Waals surface area contributed by atoms with Crippen molar-refractivity contribution < 1.29 is 23.1 Å². The summed E-state index contributed by atoms with van der Waals surface area (Å²) in [5, 5.41) is 5.68. The number of amides is 2. The highest BCUT2D eigenvalue weighted by Crippen LogP contribution is 2.22. The Kier molecular flexibility index (Phi) is 8.20. The zero-order valence-electron chi connectivity index (χ0n) is 17.7. The van der Waals surface area contributed by atoms with E-state index < -0.39 is 0 Å². The third-order valence-corrected chi connectivity index (χ3v) is 4.80. The number of halogens is 1. The fourth-order valence-corrected chi connectivity index (χ4v) is 3.11. The van der Waals surface area contributed by atoms with Crippen LogP contribution in [0.4, 0.5) is 4.39 Å². The monoisotopic (exact) mass is 436 g/mol. The van der Waals surface area contributed by atoms with Crippen LogP contribution in [0.25, 0.3) is 6.08 Å². The summed E-state index contributed by atoms with van der Waals surface area (Å²) in [7, 11) is 1.59. The van der Waals surface area contributed by atoms with Gasteiger partial charge in [0, 0.05) is 19.0 Å². The van der Waals surface area contributed by atoms with Gasteiger partial charge in [-0.2, -0.15) is 0 Å². The summed E-state index contributed by atoms with van der Waals surface area (Å²) in [4.78, 5) is 24.4. The number of ether oxygens (including phenoxy) is 1. The quantitative estimate of drug-likeness (QED) is 0.470. The molecule has 1 aromatic heterocycles. The Balaban J connectivity index is 1.57. The number of rotatable bonds is 10. The van der Waals surface area contributed by atoms with Crippen LogP contribution in [0.1, 0.15) is 29.3 Å². The highest BCUT2D eigenvalue weighted by atomic mass is 19.1. The number of hydrogen-bond acceptors (Lipinski definition) is 4. The third-order valence-electron chi connectivity index (χ3n) is 4.80. The molecule has 3 aromatic rings. The van der Waals surface area contributed by atoms with Gasteiger partial charge in [-0.25, -0.2) is 4.39 Å². The van der Waals surface area contributed by atoms with Crippen LogP contribution in [-0.4, -0.2) is 25.5 Å². The Morgan fingerprint density at radius 3 is 2.50 bits per heavy atom. The minimum atomic E-state index is -0.313. The molecule has 32 heavy (non-hydrogen) atoms. The molecule has 0 fully saturated rings. The first-order valence-corrected chi connectivity index (χ1v) is 10.2. The molecule has 0 spiro atoms. The van der Waals surface area contributed by atoms with Gasteiger partial charge in [0.05, 0.1) is 19.4 Å². The van der Waals surface area contributed by atoms with Crippen molar-refractivity contribution >= 4 is 17.9 Å². The van der Waals surface area contributed by atoms with Crippen LogP contribution in [-0.2, 0) is 16.0 Å². The second-order valence-electron chi connectivity index (χ2n) is 7.11. The summed E-state index contributed by atoms with van der Waals surface area (Å²) in [5.41, 5.74) is 1.79. The van der Waals surface area contributed by atoms with Crippen LogP contribution in [0.5, 0.6) is 5.75 Å². The van der Waals surface area contributed by atoms with Gasteiger partial charge in [-0.1, -0.05) is 24.3 Å². The van der Waals surface area contributed by atoms with Gasteiger partial charge in [-0.15, -0.1) is 0 Å². The predicted molar refractivity (Wildman–Crippen MR) is 119 cm³/mol. The molecule has 0 saturated carbocycles. The Morgan fingerprint density at radius 1 is 1.09 bits per heavy atom. The van der Waals surface area contributed by atoms with E-state index >= 15 is 0 Å². The molecule has 0 aliphatic heterocycles. The molecule has 2 amide bonds. The summed E-state index contributed by atoms with van der Waals surface area (Å²) >= 11 is 0. The largest absolute Gasteiger partial charge is 0.497 e. The van der Waals surface area contributed by atoms with Crippen LogP contribution in [0.2, 0.25) is 0 Å². The Labute approximate surface area is 186 Å². The van der Waals surface area contributed by atoms with Crippen LogP contribution in [0.3, 0.4) is 0 Å². The molecular formula is C25H25FN2O4.